The van der Waals surface area contributed by atoms with Gasteiger partial charge < -0.3 is 4.74 Å². The summed E-state index contributed by atoms with van der Waals surface area (Å²) in [4.78, 5) is 2.56. The van der Waals surface area contributed by atoms with Gasteiger partial charge in [0, 0.05) is 12.6 Å². The summed E-state index contributed by atoms with van der Waals surface area (Å²) in [5.41, 5.74) is 6.78. The molecule has 2 saturated heterocycles. The summed E-state index contributed by atoms with van der Waals surface area (Å²) in [6, 6.07) is 7.22. The lowest BCUT2D eigenvalue weighted by Gasteiger charge is -2.39. The Morgan fingerprint density at radius 2 is 2.25 bits per heavy atom. The molecule has 3 unspecified atom stereocenters. The summed E-state index contributed by atoms with van der Waals surface area (Å²) in [7, 11) is 0. The van der Waals surface area contributed by atoms with Crippen molar-refractivity contribution in [3.63, 3.8) is 0 Å². The van der Waals surface area contributed by atoms with Crippen molar-refractivity contribution in [2.75, 3.05) is 19.7 Å². The third kappa shape index (κ3) is 2.61. The predicted octanol–water partition coefficient (Wildman–Crippen LogP) is 1.67. The largest absolute Gasteiger partial charge is 0.373 e. The lowest BCUT2D eigenvalue weighted by Crippen LogP contribution is -2.51. The van der Waals surface area contributed by atoms with Crippen molar-refractivity contribution in [2.24, 2.45) is 5.84 Å². The van der Waals surface area contributed by atoms with Crippen molar-refractivity contribution in [1.29, 1.82) is 0 Å². The molecule has 3 rings (SSSR count). The monoisotopic (exact) mass is 275 g/mol. The average Bonchev–Trinajstić information content (AvgIpc) is 2.91. The van der Waals surface area contributed by atoms with Crippen LogP contribution in [0.15, 0.2) is 18.2 Å². The highest BCUT2D eigenvalue weighted by atomic mass is 16.5. The third-order valence-corrected chi connectivity index (χ3v) is 4.74. The third-order valence-electron chi connectivity index (χ3n) is 4.74. The Balaban J connectivity index is 1.81. The van der Waals surface area contributed by atoms with Gasteiger partial charge in [-0.1, -0.05) is 23.8 Å². The number of aryl methyl sites for hydroxylation is 2. The second-order valence-corrected chi connectivity index (χ2v) is 6.17. The molecule has 0 aliphatic carbocycles. The molecule has 0 spiro atoms. The van der Waals surface area contributed by atoms with Gasteiger partial charge in [-0.3, -0.25) is 16.2 Å². The molecule has 4 nitrogen and oxygen atoms in total. The molecule has 1 aromatic rings. The quantitative estimate of drug-likeness (QED) is 0.651. The fourth-order valence-corrected chi connectivity index (χ4v) is 3.54. The second-order valence-electron chi connectivity index (χ2n) is 6.17. The van der Waals surface area contributed by atoms with E-state index in [-0.39, 0.29) is 12.1 Å². The lowest BCUT2D eigenvalue weighted by atomic mass is 9.94. The Hall–Kier alpha value is -0.940. The Kier molecular flexibility index (Phi) is 4.08. The highest BCUT2D eigenvalue weighted by molar-refractivity contribution is 5.33. The maximum absolute atomic E-state index is 6.11. The minimum absolute atomic E-state index is 0.0662. The standard InChI is InChI=1S/C16H25N3O/c1-11-5-6-12(2)14(8-11)16(18-17)15-9-19-7-3-4-13(19)10-20-15/h5-6,8,13,15-16,18H,3-4,7,9-10,17H2,1-2H3. The Bertz CT molecular complexity index is 477. The fraction of sp³-hybridized carbons (Fsp3) is 0.625. The van der Waals surface area contributed by atoms with Gasteiger partial charge in [-0.2, -0.15) is 0 Å². The number of hydrogen-bond acceptors (Lipinski definition) is 4. The van der Waals surface area contributed by atoms with Crippen LogP contribution in [0.3, 0.4) is 0 Å². The topological polar surface area (TPSA) is 50.5 Å². The van der Waals surface area contributed by atoms with Gasteiger partial charge in [-0.25, -0.2) is 0 Å². The van der Waals surface area contributed by atoms with Crippen LogP contribution >= 0.6 is 0 Å². The van der Waals surface area contributed by atoms with Gasteiger partial charge in [0.1, 0.15) is 0 Å². The minimum atomic E-state index is 0.0662. The molecule has 2 fully saturated rings. The summed E-state index contributed by atoms with van der Waals surface area (Å²) < 4.78 is 6.11. The van der Waals surface area contributed by atoms with Gasteiger partial charge in [0.15, 0.2) is 0 Å². The molecule has 0 saturated carbocycles. The number of morpholine rings is 1. The second kappa shape index (κ2) is 5.82. The number of nitrogens with two attached hydrogens (primary N) is 1. The molecule has 3 atom stereocenters. The van der Waals surface area contributed by atoms with Crippen LogP contribution in [0.4, 0.5) is 0 Å². The van der Waals surface area contributed by atoms with Crippen molar-refractivity contribution >= 4 is 0 Å². The molecule has 3 N–H and O–H groups in total. The van der Waals surface area contributed by atoms with E-state index in [0.717, 1.165) is 13.2 Å². The predicted molar refractivity (Wildman–Crippen MR) is 80.3 cm³/mol. The van der Waals surface area contributed by atoms with Crippen molar-refractivity contribution < 1.29 is 4.74 Å². The summed E-state index contributed by atoms with van der Waals surface area (Å²) in [6.45, 7) is 7.28. The highest BCUT2D eigenvalue weighted by Crippen LogP contribution is 2.30. The minimum Gasteiger partial charge on any atom is -0.373 e. The van der Waals surface area contributed by atoms with Gasteiger partial charge in [0.25, 0.3) is 0 Å². The zero-order valence-corrected chi connectivity index (χ0v) is 12.4. The first-order valence-electron chi connectivity index (χ1n) is 7.58. The zero-order valence-electron chi connectivity index (χ0n) is 12.4. The van der Waals surface area contributed by atoms with Gasteiger partial charge >= 0.3 is 0 Å². The molecule has 0 bridgehead atoms. The molecule has 0 radical (unpaired) electrons. The number of nitrogens with zero attached hydrogens (tertiary/aromatic N) is 1. The number of ether oxygens (including phenoxy) is 1. The van der Waals surface area contributed by atoms with Crippen LogP contribution in [0.2, 0.25) is 0 Å². The summed E-state index contributed by atoms with van der Waals surface area (Å²) in [6.07, 6.45) is 2.71. The number of rotatable bonds is 3. The fourth-order valence-electron chi connectivity index (χ4n) is 3.54. The molecule has 0 aromatic heterocycles. The average molecular weight is 275 g/mol. The maximum atomic E-state index is 6.11. The molecule has 2 aliphatic rings. The van der Waals surface area contributed by atoms with E-state index in [9.17, 15) is 0 Å². The van der Waals surface area contributed by atoms with Crippen LogP contribution in [0, 0.1) is 13.8 Å². The molecular formula is C16H25N3O. The van der Waals surface area contributed by atoms with Crippen LogP contribution in [0.1, 0.15) is 35.6 Å². The molecule has 2 aliphatic heterocycles. The number of hydrogen-bond donors (Lipinski definition) is 2. The van der Waals surface area contributed by atoms with E-state index in [0.29, 0.717) is 6.04 Å². The van der Waals surface area contributed by atoms with Gasteiger partial charge in [-0.15, -0.1) is 0 Å². The van der Waals surface area contributed by atoms with Crippen LogP contribution in [-0.4, -0.2) is 36.7 Å². The highest BCUT2D eigenvalue weighted by Gasteiger charge is 2.36. The summed E-state index contributed by atoms with van der Waals surface area (Å²) in [5, 5.41) is 0. The van der Waals surface area contributed by atoms with E-state index in [1.54, 1.807) is 0 Å². The first kappa shape index (κ1) is 14.0. The van der Waals surface area contributed by atoms with Crippen molar-refractivity contribution in [3.05, 3.63) is 34.9 Å². The molecule has 110 valence electrons. The van der Waals surface area contributed by atoms with E-state index < -0.39 is 0 Å². The molecule has 4 heteroatoms. The number of nitrogens with one attached hydrogen (secondary N) is 1. The van der Waals surface area contributed by atoms with Crippen molar-refractivity contribution in [1.82, 2.24) is 10.3 Å². The van der Waals surface area contributed by atoms with Crippen molar-refractivity contribution in [2.45, 2.75) is 44.9 Å². The molecule has 20 heavy (non-hydrogen) atoms. The van der Waals surface area contributed by atoms with Gasteiger partial charge in [0.05, 0.1) is 18.8 Å². The van der Waals surface area contributed by atoms with Crippen LogP contribution in [0.25, 0.3) is 0 Å². The Morgan fingerprint density at radius 3 is 3.05 bits per heavy atom. The van der Waals surface area contributed by atoms with E-state index in [4.69, 9.17) is 10.6 Å². The van der Waals surface area contributed by atoms with E-state index >= 15 is 0 Å². The van der Waals surface area contributed by atoms with Crippen LogP contribution in [0.5, 0.6) is 0 Å². The number of fused-ring (bicyclic) bond motifs is 1. The van der Waals surface area contributed by atoms with Gasteiger partial charge in [0.2, 0.25) is 0 Å². The normalized spacial score (nSPS) is 28.4. The number of hydrazine groups is 1. The zero-order chi connectivity index (χ0) is 14.1. The van der Waals surface area contributed by atoms with E-state index in [1.165, 1.54) is 36.1 Å². The van der Waals surface area contributed by atoms with E-state index in [2.05, 4.69) is 42.4 Å². The Labute approximate surface area is 121 Å². The van der Waals surface area contributed by atoms with Crippen LogP contribution < -0.4 is 11.3 Å². The molecular weight excluding hydrogens is 250 g/mol. The molecule has 1 aromatic carbocycles. The summed E-state index contributed by atoms with van der Waals surface area (Å²) >= 11 is 0. The lowest BCUT2D eigenvalue weighted by molar-refractivity contribution is -0.0654. The van der Waals surface area contributed by atoms with E-state index in [1.807, 2.05) is 0 Å². The first-order chi connectivity index (χ1) is 9.69. The maximum Gasteiger partial charge on any atom is 0.0910 e. The van der Waals surface area contributed by atoms with Crippen molar-refractivity contribution in [3.8, 4) is 0 Å². The molecule has 0 amide bonds. The summed E-state index contributed by atoms with van der Waals surface area (Å²) in [5.74, 6) is 5.84. The first-order valence-corrected chi connectivity index (χ1v) is 7.58. The number of benzene rings is 1. The smallest absolute Gasteiger partial charge is 0.0910 e. The van der Waals surface area contributed by atoms with Crippen LogP contribution in [-0.2, 0) is 4.74 Å². The van der Waals surface area contributed by atoms with Gasteiger partial charge in [-0.05, 0) is 44.4 Å². The molecule has 2 heterocycles. The Morgan fingerprint density at radius 1 is 1.40 bits per heavy atom. The SMILES string of the molecule is Cc1ccc(C)c(C(NN)C2CN3CCCC3CO2)c1.